The van der Waals surface area contributed by atoms with Crippen LogP contribution in [0, 0.1) is 53.4 Å². The van der Waals surface area contributed by atoms with Gasteiger partial charge in [0.2, 0.25) is 0 Å². The largest absolute Gasteiger partial charge is 0.493 e. The molecular formula is C36H47O4P. The highest BCUT2D eigenvalue weighted by Crippen LogP contribution is 2.48. The summed E-state index contributed by atoms with van der Waals surface area (Å²) in [6, 6.07) is 13.7. The van der Waals surface area contributed by atoms with Crippen molar-refractivity contribution in [3.05, 3.63) is 87.0 Å². The molecule has 0 radical (unpaired) electrons. The lowest BCUT2D eigenvalue weighted by atomic mass is 10.0. The van der Waals surface area contributed by atoms with Gasteiger partial charge in [-0.1, -0.05) is 63.1 Å². The van der Waals surface area contributed by atoms with E-state index in [4.69, 9.17) is 9.47 Å². The zero-order valence-corrected chi connectivity index (χ0v) is 27.5. The monoisotopic (exact) mass is 574 g/mol. The third-order valence-electron chi connectivity index (χ3n) is 7.28. The first-order valence-electron chi connectivity index (χ1n) is 14.7. The van der Waals surface area contributed by atoms with Crippen molar-refractivity contribution in [2.24, 2.45) is 11.8 Å². The number of carbonyl (C=O) groups is 2. The number of ether oxygens (including phenoxy) is 2. The van der Waals surface area contributed by atoms with Crippen molar-refractivity contribution >= 4 is 24.3 Å². The second kappa shape index (κ2) is 14.3. The number of carbonyl (C=O) groups excluding carboxylic acids is 2. The summed E-state index contributed by atoms with van der Waals surface area (Å²) in [5.74, 6) is 2.24. The lowest BCUT2D eigenvalue weighted by Crippen LogP contribution is -2.21. The van der Waals surface area contributed by atoms with Gasteiger partial charge in [-0.05, 0) is 101 Å². The number of hydrogen-bond acceptors (Lipinski definition) is 4. The molecule has 0 unspecified atom stereocenters. The topological polar surface area (TPSA) is 52.6 Å². The fourth-order valence-corrected chi connectivity index (χ4v) is 7.62. The van der Waals surface area contributed by atoms with Crippen LogP contribution in [0.15, 0.2) is 42.5 Å². The molecule has 0 N–H and O–H groups in total. The molecule has 0 fully saturated rings. The Morgan fingerprint density at radius 1 is 0.634 bits per heavy atom. The minimum absolute atomic E-state index is 0.137. The maximum Gasteiger partial charge on any atom is 0.197 e. The summed E-state index contributed by atoms with van der Waals surface area (Å²) in [5.41, 5.74) is 6.73. The van der Waals surface area contributed by atoms with Crippen LogP contribution in [-0.4, -0.2) is 24.3 Å². The highest BCUT2D eigenvalue weighted by atomic mass is 31.1. The fourth-order valence-electron chi connectivity index (χ4n) is 5.27. The molecular weight excluding hydrogens is 527 g/mol. The van der Waals surface area contributed by atoms with Crippen LogP contribution in [0.3, 0.4) is 0 Å². The van der Waals surface area contributed by atoms with Crippen molar-refractivity contribution in [1.29, 1.82) is 0 Å². The van der Waals surface area contributed by atoms with Gasteiger partial charge >= 0.3 is 0 Å². The molecule has 220 valence electrons. The summed E-state index contributed by atoms with van der Waals surface area (Å²) in [6.45, 7) is 21.6. The lowest BCUT2D eigenvalue weighted by molar-refractivity contribution is 0.105. The van der Waals surface area contributed by atoms with Crippen LogP contribution in [-0.2, 0) is 0 Å². The van der Waals surface area contributed by atoms with Gasteiger partial charge in [0, 0.05) is 22.5 Å². The van der Waals surface area contributed by atoms with Gasteiger partial charge in [0.25, 0.3) is 0 Å². The molecule has 0 aromatic heterocycles. The molecule has 0 aliphatic rings. The third-order valence-corrected chi connectivity index (χ3v) is 9.39. The SMILES string of the molecule is Cc1cc(C)c(C(=O)P(C(=O)c2c(C)cc(C)cc2C)c2ccc(OCCC(C)C)cc2OCCC(C)C)c(C)c1. The summed E-state index contributed by atoms with van der Waals surface area (Å²) >= 11 is 0. The van der Waals surface area contributed by atoms with Crippen molar-refractivity contribution in [3.63, 3.8) is 0 Å². The molecule has 0 saturated carbocycles. The molecule has 3 aromatic carbocycles. The van der Waals surface area contributed by atoms with Gasteiger partial charge in [-0.25, -0.2) is 0 Å². The van der Waals surface area contributed by atoms with Crippen LogP contribution in [0.1, 0.15) is 94.6 Å². The predicted octanol–water partition coefficient (Wildman–Crippen LogP) is 9.17. The van der Waals surface area contributed by atoms with Crippen molar-refractivity contribution in [1.82, 2.24) is 0 Å². The molecule has 5 heteroatoms. The Kier molecular flexibility index (Phi) is 11.3. The summed E-state index contributed by atoms with van der Waals surface area (Å²) in [6.07, 6.45) is 1.80. The second-order valence-corrected chi connectivity index (χ2v) is 14.1. The third kappa shape index (κ3) is 8.29. The van der Waals surface area contributed by atoms with E-state index in [9.17, 15) is 9.59 Å². The van der Waals surface area contributed by atoms with Crippen LogP contribution in [0.2, 0.25) is 0 Å². The average molecular weight is 575 g/mol. The first-order chi connectivity index (χ1) is 19.3. The fraction of sp³-hybridized carbons (Fsp3) is 0.444. The number of rotatable bonds is 13. The zero-order valence-electron chi connectivity index (χ0n) is 26.6. The number of aryl methyl sites for hydroxylation is 6. The van der Waals surface area contributed by atoms with Gasteiger partial charge in [-0.2, -0.15) is 0 Å². The maximum atomic E-state index is 14.6. The Morgan fingerprint density at radius 2 is 1.05 bits per heavy atom. The molecule has 0 heterocycles. The van der Waals surface area contributed by atoms with Crippen LogP contribution in [0.4, 0.5) is 0 Å². The van der Waals surface area contributed by atoms with Crippen LogP contribution < -0.4 is 14.8 Å². The standard InChI is InChI=1S/C36H47O4P/c1-22(2)13-15-39-30-11-12-32(31(21-30)40-16-14-23(3)4)41(35(37)33-26(7)17-24(5)18-27(33)8)36(38)34-28(9)19-25(6)20-29(34)10/h11-12,17-23H,13-16H2,1-10H3. The van der Waals surface area contributed by atoms with E-state index in [1.54, 1.807) is 0 Å². The van der Waals surface area contributed by atoms with Gasteiger partial charge in [0.05, 0.1) is 21.1 Å². The predicted molar refractivity (Wildman–Crippen MR) is 173 cm³/mol. The molecule has 0 aliphatic carbocycles. The zero-order chi connectivity index (χ0) is 30.4. The van der Waals surface area contributed by atoms with Crippen LogP contribution >= 0.6 is 7.92 Å². The highest BCUT2D eigenvalue weighted by Gasteiger charge is 2.36. The Balaban J connectivity index is 2.21. The first-order valence-corrected chi connectivity index (χ1v) is 16.1. The maximum absolute atomic E-state index is 14.6. The van der Waals surface area contributed by atoms with Crippen LogP contribution in [0.25, 0.3) is 0 Å². The summed E-state index contributed by atoms with van der Waals surface area (Å²) in [4.78, 5) is 29.2. The van der Waals surface area contributed by atoms with E-state index < -0.39 is 7.92 Å². The normalized spacial score (nSPS) is 11.4. The minimum Gasteiger partial charge on any atom is -0.493 e. The van der Waals surface area contributed by atoms with E-state index in [-0.39, 0.29) is 11.0 Å². The van der Waals surface area contributed by atoms with Crippen molar-refractivity contribution < 1.29 is 19.1 Å². The van der Waals surface area contributed by atoms with E-state index in [0.717, 1.165) is 46.2 Å². The molecule has 0 bridgehead atoms. The van der Waals surface area contributed by atoms with E-state index >= 15 is 0 Å². The summed E-state index contributed by atoms with van der Waals surface area (Å²) in [5, 5.41) is 0.647. The van der Waals surface area contributed by atoms with Gasteiger partial charge in [-0.3, -0.25) is 9.59 Å². The Bertz CT molecular complexity index is 1290. The van der Waals surface area contributed by atoms with Gasteiger partial charge in [-0.15, -0.1) is 0 Å². The molecule has 0 saturated heterocycles. The van der Waals surface area contributed by atoms with Gasteiger partial charge < -0.3 is 9.47 Å². The highest BCUT2D eigenvalue weighted by molar-refractivity contribution is 7.96. The molecule has 41 heavy (non-hydrogen) atoms. The van der Waals surface area contributed by atoms with Gasteiger partial charge in [0.15, 0.2) is 11.0 Å². The van der Waals surface area contributed by atoms with E-state index in [0.29, 0.717) is 53.0 Å². The number of benzene rings is 3. The molecule has 0 spiro atoms. The van der Waals surface area contributed by atoms with Crippen LogP contribution in [0.5, 0.6) is 11.5 Å². The minimum atomic E-state index is -1.96. The molecule has 0 aliphatic heterocycles. The number of hydrogen-bond donors (Lipinski definition) is 0. The summed E-state index contributed by atoms with van der Waals surface area (Å²) in [7, 11) is -1.96. The second-order valence-electron chi connectivity index (χ2n) is 12.2. The summed E-state index contributed by atoms with van der Waals surface area (Å²) < 4.78 is 12.4. The average Bonchev–Trinajstić information content (AvgIpc) is 2.83. The van der Waals surface area contributed by atoms with Crippen molar-refractivity contribution in [2.75, 3.05) is 13.2 Å². The first kappa shape index (κ1) is 32.5. The molecule has 4 nitrogen and oxygen atoms in total. The van der Waals surface area contributed by atoms with E-state index in [2.05, 4.69) is 27.7 Å². The quantitative estimate of drug-likeness (QED) is 0.191. The van der Waals surface area contributed by atoms with Gasteiger partial charge in [0.1, 0.15) is 11.5 Å². The lowest BCUT2D eigenvalue weighted by Gasteiger charge is -2.23. The van der Waals surface area contributed by atoms with Crippen molar-refractivity contribution in [3.8, 4) is 11.5 Å². The Morgan fingerprint density at radius 3 is 1.46 bits per heavy atom. The molecule has 0 amide bonds. The van der Waals surface area contributed by atoms with E-state index in [1.807, 2.05) is 84.0 Å². The molecule has 3 aromatic rings. The Labute approximate surface area is 248 Å². The van der Waals surface area contributed by atoms with Crippen molar-refractivity contribution in [2.45, 2.75) is 82.1 Å². The smallest absolute Gasteiger partial charge is 0.197 e. The molecule has 3 rings (SSSR count). The molecule has 0 atom stereocenters. The van der Waals surface area contributed by atoms with E-state index in [1.165, 1.54) is 0 Å². The Hall–Kier alpha value is -2.97.